The third-order valence-electron chi connectivity index (χ3n) is 5.81. The Hall–Kier alpha value is -3.14. The van der Waals surface area contributed by atoms with Crippen molar-refractivity contribution in [2.75, 3.05) is 33.4 Å². The fraction of sp³-hybridized carbons (Fsp3) is 0.565. The summed E-state index contributed by atoms with van der Waals surface area (Å²) in [7, 11) is 1.57. The number of para-hydroxylation sites is 1. The number of hydrogen-bond donors (Lipinski definition) is 3. The summed E-state index contributed by atoms with van der Waals surface area (Å²) in [6.07, 6.45) is 1.92. The normalized spacial score (nSPS) is 24.0. The van der Waals surface area contributed by atoms with E-state index in [0.717, 1.165) is 12.8 Å². The highest BCUT2D eigenvalue weighted by Crippen LogP contribution is 2.23. The number of hydrogen-bond acceptors (Lipinski definition) is 6. The third kappa shape index (κ3) is 6.44. The van der Waals surface area contributed by atoms with E-state index in [1.165, 1.54) is 0 Å². The summed E-state index contributed by atoms with van der Waals surface area (Å²) in [5, 5.41) is 8.04. The number of nitrogens with zero attached hydrogens (tertiary/aromatic N) is 1. The number of benzene rings is 1. The smallest absolute Gasteiger partial charge is 0.255 e. The fourth-order valence-electron chi connectivity index (χ4n) is 4.06. The zero-order valence-electron chi connectivity index (χ0n) is 19.1. The van der Waals surface area contributed by atoms with Crippen molar-refractivity contribution >= 4 is 23.6 Å². The molecule has 0 aliphatic carbocycles. The lowest BCUT2D eigenvalue weighted by Crippen LogP contribution is -2.53. The van der Waals surface area contributed by atoms with Gasteiger partial charge in [-0.1, -0.05) is 12.1 Å². The maximum atomic E-state index is 13.0. The minimum absolute atomic E-state index is 0.137. The van der Waals surface area contributed by atoms with Gasteiger partial charge in [0.15, 0.2) is 0 Å². The molecule has 3 rings (SSSR count). The largest absolute Gasteiger partial charge is 0.491 e. The third-order valence-corrected chi connectivity index (χ3v) is 5.81. The van der Waals surface area contributed by atoms with E-state index < -0.39 is 29.8 Å². The van der Waals surface area contributed by atoms with Crippen LogP contribution < -0.4 is 20.7 Å². The molecule has 0 aromatic heterocycles. The number of rotatable bonds is 5. The van der Waals surface area contributed by atoms with Gasteiger partial charge in [-0.15, -0.1) is 0 Å². The molecule has 0 unspecified atom stereocenters. The van der Waals surface area contributed by atoms with Gasteiger partial charge in [-0.2, -0.15) is 0 Å². The molecule has 10 heteroatoms. The van der Waals surface area contributed by atoms with Gasteiger partial charge < -0.3 is 30.3 Å². The van der Waals surface area contributed by atoms with Gasteiger partial charge in [0.2, 0.25) is 17.7 Å². The quantitative estimate of drug-likeness (QED) is 0.540. The predicted molar refractivity (Wildman–Crippen MR) is 120 cm³/mol. The van der Waals surface area contributed by atoms with Crippen LogP contribution >= 0.6 is 0 Å². The average molecular weight is 461 g/mol. The zero-order valence-corrected chi connectivity index (χ0v) is 19.1. The van der Waals surface area contributed by atoms with Gasteiger partial charge in [-0.05, 0) is 38.3 Å². The van der Waals surface area contributed by atoms with E-state index in [9.17, 15) is 19.2 Å². The Bertz CT molecular complexity index is 876. The molecule has 1 fully saturated rings. The number of ether oxygens (including phenoxy) is 2. The summed E-state index contributed by atoms with van der Waals surface area (Å²) in [6, 6.07) is 4.72. The van der Waals surface area contributed by atoms with Crippen LogP contribution in [-0.2, 0) is 19.1 Å². The molecule has 3 N–H and O–H groups in total. The SMILES string of the molecule is COCCCNC(=O)[C@@H]1CC(=O)N[C@@H](C)C(=O)N2CCC[C@@H]2COc2ccccc2C(=O)N1. The van der Waals surface area contributed by atoms with Crippen LogP contribution in [-0.4, -0.2) is 80.1 Å². The minimum Gasteiger partial charge on any atom is -0.491 e. The highest BCUT2D eigenvalue weighted by atomic mass is 16.5. The second-order valence-corrected chi connectivity index (χ2v) is 8.29. The van der Waals surface area contributed by atoms with Crippen LogP contribution in [0.4, 0.5) is 0 Å². The molecule has 0 saturated carbocycles. The molecular formula is C23H32N4O6. The first-order valence-corrected chi connectivity index (χ1v) is 11.3. The summed E-state index contributed by atoms with van der Waals surface area (Å²) in [6.45, 7) is 3.25. The lowest BCUT2D eigenvalue weighted by Gasteiger charge is -2.29. The molecule has 3 atom stereocenters. The number of amides is 4. The summed E-state index contributed by atoms with van der Waals surface area (Å²) < 4.78 is 10.9. The molecule has 1 aromatic rings. The first-order valence-electron chi connectivity index (χ1n) is 11.3. The first-order chi connectivity index (χ1) is 15.9. The fourth-order valence-corrected chi connectivity index (χ4v) is 4.06. The van der Waals surface area contributed by atoms with Crippen molar-refractivity contribution in [1.82, 2.24) is 20.9 Å². The highest BCUT2D eigenvalue weighted by Gasteiger charge is 2.34. The maximum Gasteiger partial charge on any atom is 0.255 e. The molecule has 10 nitrogen and oxygen atoms in total. The van der Waals surface area contributed by atoms with Crippen molar-refractivity contribution in [3.63, 3.8) is 0 Å². The minimum atomic E-state index is -1.11. The molecule has 1 saturated heterocycles. The monoisotopic (exact) mass is 460 g/mol. The number of carbonyl (C=O) groups is 4. The van der Waals surface area contributed by atoms with Gasteiger partial charge in [0, 0.05) is 26.8 Å². The van der Waals surface area contributed by atoms with Gasteiger partial charge in [0.05, 0.1) is 18.0 Å². The van der Waals surface area contributed by atoms with Gasteiger partial charge in [0.1, 0.15) is 24.4 Å². The van der Waals surface area contributed by atoms with Crippen molar-refractivity contribution in [3.8, 4) is 5.75 Å². The molecule has 0 spiro atoms. The molecular weight excluding hydrogens is 428 g/mol. The second-order valence-electron chi connectivity index (χ2n) is 8.29. The van der Waals surface area contributed by atoms with Crippen molar-refractivity contribution in [2.45, 2.75) is 50.7 Å². The van der Waals surface area contributed by atoms with Crippen molar-refractivity contribution in [1.29, 1.82) is 0 Å². The lowest BCUT2D eigenvalue weighted by atomic mass is 10.1. The van der Waals surface area contributed by atoms with Gasteiger partial charge >= 0.3 is 0 Å². The van der Waals surface area contributed by atoms with Crippen LogP contribution in [0.25, 0.3) is 0 Å². The Morgan fingerprint density at radius 2 is 2.03 bits per heavy atom. The van der Waals surface area contributed by atoms with Gasteiger partial charge in [-0.25, -0.2) is 0 Å². The molecule has 180 valence electrons. The highest BCUT2D eigenvalue weighted by molar-refractivity contribution is 6.01. The standard InChI is InChI=1S/C23H32N4O6/c1-15-23(31)27-11-5-7-16(27)14-33-19-9-4-3-8-17(19)21(29)26-18(13-20(28)25-15)22(30)24-10-6-12-32-2/h3-4,8-9,15-16,18H,5-7,10-14H2,1-2H3,(H,24,30)(H,25,28)(H,26,29)/t15-,16+,18-/m0/s1. The van der Waals surface area contributed by atoms with E-state index >= 15 is 0 Å². The van der Waals surface area contributed by atoms with E-state index in [1.54, 1.807) is 43.2 Å². The van der Waals surface area contributed by atoms with Crippen molar-refractivity contribution in [3.05, 3.63) is 29.8 Å². The second kappa shape index (κ2) is 11.6. The topological polar surface area (TPSA) is 126 Å². The van der Waals surface area contributed by atoms with Crippen LogP contribution in [0, 0.1) is 0 Å². The maximum absolute atomic E-state index is 13.0. The van der Waals surface area contributed by atoms with Gasteiger partial charge in [0.25, 0.3) is 5.91 Å². The Morgan fingerprint density at radius 1 is 1.24 bits per heavy atom. The molecule has 1 aromatic carbocycles. The molecule has 0 radical (unpaired) electrons. The number of methoxy groups -OCH3 is 1. The van der Waals surface area contributed by atoms with Crippen molar-refractivity contribution in [2.24, 2.45) is 0 Å². The van der Waals surface area contributed by atoms with E-state index in [2.05, 4.69) is 16.0 Å². The van der Waals surface area contributed by atoms with E-state index in [0.29, 0.717) is 31.9 Å². The van der Waals surface area contributed by atoms with E-state index in [4.69, 9.17) is 9.47 Å². The molecule has 0 bridgehead atoms. The molecule has 2 aliphatic heterocycles. The van der Waals surface area contributed by atoms with Crippen LogP contribution in [0.1, 0.15) is 43.0 Å². The van der Waals surface area contributed by atoms with Crippen LogP contribution in [0.5, 0.6) is 5.75 Å². The van der Waals surface area contributed by atoms with Crippen LogP contribution in [0.3, 0.4) is 0 Å². The number of carbonyl (C=O) groups excluding carboxylic acids is 4. The predicted octanol–water partition coefficient (Wildman–Crippen LogP) is 0.216. The summed E-state index contributed by atoms with van der Waals surface area (Å²) in [5.41, 5.74) is 0.261. The van der Waals surface area contributed by atoms with Crippen LogP contribution in [0.2, 0.25) is 0 Å². The Kier molecular flexibility index (Phi) is 8.65. The molecule has 2 heterocycles. The van der Waals surface area contributed by atoms with Crippen LogP contribution in [0.15, 0.2) is 24.3 Å². The summed E-state index contributed by atoms with van der Waals surface area (Å²) >= 11 is 0. The van der Waals surface area contributed by atoms with E-state index in [1.807, 2.05) is 0 Å². The number of fused-ring (bicyclic) bond motifs is 2. The Balaban J connectivity index is 1.84. The molecule has 33 heavy (non-hydrogen) atoms. The molecule has 2 aliphatic rings. The zero-order chi connectivity index (χ0) is 23.8. The van der Waals surface area contributed by atoms with E-state index in [-0.39, 0.29) is 30.5 Å². The Labute approximate surface area is 193 Å². The summed E-state index contributed by atoms with van der Waals surface area (Å²) in [5.74, 6) is -1.32. The summed E-state index contributed by atoms with van der Waals surface area (Å²) in [4.78, 5) is 53.1. The Morgan fingerprint density at radius 3 is 2.82 bits per heavy atom. The lowest BCUT2D eigenvalue weighted by molar-refractivity contribution is -0.137. The first kappa shape index (κ1) is 24.5. The average Bonchev–Trinajstić information content (AvgIpc) is 3.27. The van der Waals surface area contributed by atoms with Gasteiger partial charge in [-0.3, -0.25) is 19.2 Å². The van der Waals surface area contributed by atoms with Crippen molar-refractivity contribution < 1.29 is 28.7 Å². The molecule has 4 amide bonds. The number of nitrogens with one attached hydrogen (secondary N) is 3.